The van der Waals surface area contributed by atoms with Crippen LogP contribution in [0.1, 0.15) is 39.3 Å². The van der Waals surface area contributed by atoms with E-state index in [0.717, 1.165) is 21.8 Å². The monoisotopic (exact) mass is 481 g/mol. The maximum atomic E-state index is 13.5. The quantitative estimate of drug-likeness (QED) is 0.312. The van der Waals surface area contributed by atoms with Crippen LogP contribution in [0.5, 0.6) is 0 Å². The lowest BCUT2D eigenvalue weighted by molar-refractivity contribution is -0.118. The Labute approximate surface area is 199 Å². The van der Waals surface area contributed by atoms with Gasteiger partial charge < -0.3 is 9.15 Å². The number of esters is 1. The number of hydrogen-bond acceptors (Lipinski definition) is 8. The van der Waals surface area contributed by atoms with Crippen molar-refractivity contribution in [3.63, 3.8) is 0 Å². The van der Waals surface area contributed by atoms with Crippen molar-refractivity contribution in [2.45, 2.75) is 33.7 Å². The molecular formula is C24H23N3O4S2. The molecule has 0 bridgehead atoms. The second-order valence-electron chi connectivity index (χ2n) is 7.27. The minimum Gasteiger partial charge on any atom is -0.462 e. The van der Waals surface area contributed by atoms with Crippen LogP contribution in [-0.4, -0.2) is 28.5 Å². The Morgan fingerprint density at radius 1 is 1.09 bits per heavy atom. The molecule has 0 saturated carbocycles. The molecule has 0 aliphatic rings. The lowest BCUT2D eigenvalue weighted by atomic mass is 10.2. The third-order valence-corrected chi connectivity index (χ3v) is 6.92. The molecule has 1 aromatic carbocycles. The lowest BCUT2D eigenvalue weighted by Gasteiger charge is -2.20. The van der Waals surface area contributed by atoms with Crippen LogP contribution in [0.2, 0.25) is 0 Å². The van der Waals surface area contributed by atoms with Crippen LogP contribution in [0.3, 0.4) is 0 Å². The van der Waals surface area contributed by atoms with Crippen molar-refractivity contribution in [2.75, 3.05) is 11.5 Å². The highest BCUT2D eigenvalue weighted by Crippen LogP contribution is 2.30. The number of oxazole rings is 1. The molecule has 33 heavy (non-hydrogen) atoms. The molecule has 1 amide bonds. The number of thiazole rings is 1. The Morgan fingerprint density at radius 3 is 2.58 bits per heavy atom. The first-order valence-electron chi connectivity index (χ1n) is 10.4. The molecule has 0 radical (unpaired) electrons. The van der Waals surface area contributed by atoms with Crippen molar-refractivity contribution in [2.24, 2.45) is 0 Å². The summed E-state index contributed by atoms with van der Waals surface area (Å²) in [7, 11) is 0. The van der Waals surface area contributed by atoms with E-state index in [-0.39, 0.29) is 18.9 Å². The van der Waals surface area contributed by atoms with Crippen LogP contribution in [0.15, 0.2) is 52.3 Å². The molecule has 0 unspecified atom stereocenters. The molecule has 3 aromatic heterocycles. The zero-order chi connectivity index (χ0) is 23.4. The summed E-state index contributed by atoms with van der Waals surface area (Å²) in [6, 6.07) is 13.5. The molecular weight excluding hydrogens is 458 g/mol. The van der Waals surface area contributed by atoms with E-state index in [2.05, 4.69) is 9.97 Å². The number of carbonyl (C=O) groups is 2. The Balaban J connectivity index is 1.63. The molecule has 3 heterocycles. The number of ether oxygens (including phenoxy) is 1. The van der Waals surface area contributed by atoms with Gasteiger partial charge in [-0.2, -0.15) is 0 Å². The first-order valence-corrected chi connectivity index (χ1v) is 12.1. The van der Waals surface area contributed by atoms with Gasteiger partial charge in [0.05, 0.1) is 35.8 Å². The van der Waals surface area contributed by atoms with Crippen molar-refractivity contribution >= 4 is 39.7 Å². The molecule has 0 aliphatic heterocycles. The number of amides is 1. The fourth-order valence-corrected chi connectivity index (χ4v) is 4.87. The molecule has 0 spiro atoms. The molecule has 170 valence electrons. The number of thiophene rings is 1. The molecule has 9 heteroatoms. The van der Waals surface area contributed by atoms with Gasteiger partial charge in [-0.1, -0.05) is 47.7 Å². The van der Waals surface area contributed by atoms with Crippen LogP contribution in [-0.2, 0) is 22.5 Å². The largest absolute Gasteiger partial charge is 0.462 e. The van der Waals surface area contributed by atoms with Crippen molar-refractivity contribution in [1.82, 2.24) is 9.97 Å². The van der Waals surface area contributed by atoms with E-state index in [1.54, 1.807) is 25.7 Å². The van der Waals surface area contributed by atoms with Crippen molar-refractivity contribution in [1.29, 1.82) is 0 Å². The number of aromatic nitrogens is 2. The molecule has 0 saturated heterocycles. The maximum Gasteiger partial charge on any atom is 0.350 e. The van der Waals surface area contributed by atoms with Gasteiger partial charge in [0.2, 0.25) is 11.8 Å². The van der Waals surface area contributed by atoms with Gasteiger partial charge in [0.25, 0.3) is 0 Å². The molecule has 7 nitrogen and oxygen atoms in total. The Hall–Kier alpha value is -3.30. The normalized spacial score (nSPS) is 10.9. The van der Waals surface area contributed by atoms with E-state index in [0.29, 0.717) is 39.6 Å². The van der Waals surface area contributed by atoms with Gasteiger partial charge in [-0.25, -0.2) is 14.8 Å². The van der Waals surface area contributed by atoms with Gasteiger partial charge >= 0.3 is 5.97 Å². The van der Waals surface area contributed by atoms with Gasteiger partial charge in [0, 0.05) is 0 Å². The molecule has 0 aliphatic carbocycles. The van der Waals surface area contributed by atoms with Crippen LogP contribution in [0, 0.1) is 13.8 Å². The second kappa shape index (κ2) is 10.1. The summed E-state index contributed by atoms with van der Waals surface area (Å²) >= 11 is 2.69. The average molecular weight is 482 g/mol. The highest BCUT2D eigenvalue weighted by atomic mass is 32.1. The van der Waals surface area contributed by atoms with Crippen molar-refractivity contribution in [3.8, 4) is 10.8 Å². The van der Waals surface area contributed by atoms with Crippen LogP contribution >= 0.6 is 22.7 Å². The first-order chi connectivity index (χ1) is 16.0. The zero-order valence-corrected chi connectivity index (χ0v) is 20.2. The van der Waals surface area contributed by atoms with Crippen LogP contribution in [0.25, 0.3) is 10.8 Å². The van der Waals surface area contributed by atoms with E-state index >= 15 is 0 Å². The molecule has 0 atom stereocenters. The van der Waals surface area contributed by atoms with E-state index < -0.39 is 5.97 Å². The third-order valence-electron chi connectivity index (χ3n) is 4.90. The SMILES string of the molecule is CCOC(=O)c1sc(N(Cc2ccccc2)C(=O)Cc2nc(-c3cccs3)oc2C)nc1C. The average Bonchev–Trinajstić information content (AvgIpc) is 3.54. The predicted molar refractivity (Wildman–Crippen MR) is 129 cm³/mol. The number of nitrogens with zero attached hydrogens (tertiary/aromatic N) is 3. The van der Waals surface area contributed by atoms with E-state index in [9.17, 15) is 9.59 Å². The minimum atomic E-state index is -0.432. The number of carbonyl (C=O) groups excluding carboxylic acids is 2. The van der Waals surface area contributed by atoms with Gasteiger partial charge in [-0.3, -0.25) is 9.69 Å². The number of anilines is 1. The van der Waals surface area contributed by atoms with Crippen molar-refractivity contribution < 1.29 is 18.7 Å². The Bertz CT molecular complexity index is 1250. The van der Waals surface area contributed by atoms with Crippen molar-refractivity contribution in [3.05, 3.63) is 75.4 Å². The number of hydrogen-bond donors (Lipinski definition) is 0. The first kappa shape index (κ1) is 22.9. The summed E-state index contributed by atoms with van der Waals surface area (Å²) in [4.78, 5) is 37.8. The number of benzene rings is 1. The Kier molecular flexibility index (Phi) is 7.00. The molecule has 0 N–H and O–H groups in total. The van der Waals surface area contributed by atoms with Gasteiger partial charge in [-0.15, -0.1) is 11.3 Å². The number of aryl methyl sites for hydroxylation is 2. The van der Waals surface area contributed by atoms with Gasteiger partial charge in [-0.05, 0) is 37.8 Å². The van der Waals surface area contributed by atoms with Gasteiger partial charge in [0.15, 0.2) is 5.13 Å². The second-order valence-corrected chi connectivity index (χ2v) is 9.20. The number of rotatable bonds is 8. The highest BCUT2D eigenvalue weighted by Gasteiger charge is 2.26. The molecule has 4 rings (SSSR count). The van der Waals surface area contributed by atoms with E-state index in [4.69, 9.17) is 9.15 Å². The molecule has 4 aromatic rings. The topological polar surface area (TPSA) is 85.5 Å². The summed E-state index contributed by atoms with van der Waals surface area (Å²) in [6.45, 7) is 5.90. The smallest absolute Gasteiger partial charge is 0.350 e. The summed E-state index contributed by atoms with van der Waals surface area (Å²) in [5.74, 6) is 0.500. The van der Waals surface area contributed by atoms with E-state index in [1.807, 2.05) is 47.8 Å². The lowest BCUT2D eigenvalue weighted by Crippen LogP contribution is -2.32. The van der Waals surface area contributed by atoms with Gasteiger partial charge in [0.1, 0.15) is 10.6 Å². The fourth-order valence-electron chi connectivity index (χ4n) is 3.25. The zero-order valence-electron chi connectivity index (χ0n) is 18.5. The summed E-state index contributed by atoms with van der Waals surface area (Å²) < 4.78 is 10.9. The van der Waals surface area contributed by atoms with Crippen LogP contribution < -0.4 is 4.90 Å². The van der Waals surface area contributed by atoms with Crippen LogP contribution in [0.4, 0.5) is 5.13 Å². The summed E-state index contributed by atoms with van der Waals surface area (Å²) in [6.07, 6.45) is 0.0565. The summed E-state index contributed by atoms with van der Waals surface area (Å²) in [5.41, 5.74) is 2.07. The Morgan fingerprint density at radius 2 is 1.88 bits per heavy atom. The highest BCUT2D eigenvalue weighted by molar-refractivity contribution is 7.17. The summed E-state index contributed by atoms with van der Waals surface area (Å²) in [5, 5.41) is 2.40. The predicted octanol–water partition coefficient (Wildman–Crippen LogP) is 5.43. The standard InChI is InChI=1S/C24H23N3O4S2/c1-4-30-23(29)21-15(2)25-24(33-21)27(14-17-9-6-5-7-10-17)20(28)13-18-16(3)31-22(26-18)19-11-8-12-32-19/h5-12H,4,13-14H2,1-3H3. The maximum absolute atomic E-state index is 13.5. The molecule has 0 fully saturated rings. The van der Waals surface area contributed by atoms with E-state index in [1.165, 1.54) is 11.3 Å². The third kappa shape index (κ3) is 5.20. The fraction of sp³-hybridized carbons (Fsp3) is 0.250. The minimum absolute atomic E-state index is 0.0565.